The lowest BCUT2D eigenvalue weighted by molar-refractivity contribution is 0.306. The van der Waals surface area contributed by atoms with Crippen molar-refractivity contribution < 1.29 is 5.11 Å². The molecular formula is C4H9OS. The van der Waals surface area contributed by atoms with Gasteiger partial charge in [0.05, 0.1) is 6.61 Å². The molecule has 2 heteroatoms. The van der Waals surface area contributed by atoms with Gasteiger partial charge in [0.2, 0.25) is 0 Å². The summed E-state index contributed by atoms with van der Waals surface area (Å²) in [5, 5.41) is 8.41. The summed E-state index contributed by atoms with van der Waals surface area (Å²) in [7, 11) is 0. The highest BCUT2D eigenvalue weighted by Crippen LogP contribution is 2.00. The third kappa shape index (κ3) is 2.54. The van der Waals surface area contributed by atoms with Crippen LogP contribution in [0, 0.1) is 6.92 Å². The van der Waals surface area contributed by atoms with Gasteiger partial charge in [0, 0.05) is 5.25 Å². The van der Waals surface area contributed by atoms with E-state index in [0.29, 0.717) is 0 Å². The number of rotatable bonds is 2. The van der Waals surface area contributed by atoms with Crippen molar-refractivity contribution in [3.8, 4) is 0 Å². The second-order valence-electron chi connectivity index (χ2n) is 1.04. The SMILES string of the molecule is [CH2]C(CO)SC. The normalized spacial score (nSPS) is 14.5. The third-order valence-corrected chi connectivity index (χ3v) is 1.35. The van der Waals surface area contributed by atoms with Crippen molar-refractivity contribution in [3.63, 3.8) is 0 Å². The summed E-state index contributed by atoms with van der Waals surface area (Å²) >= 11 is 1.56. The van der Waals surface area contributed by atoms with Gasteiger partial charge in [-0.15, -0.1) is 0 Å². The van der Waals surface area contributed by atoms with E-state index in [-0.39, 0.29) is 11.9 Å². The highest BCUT2D eigenvalue weighted by Gasteiger charge is 1.90. The average Bonchev–Trinajstić information content (AvgIpc) is 1.65. The smallest absolute Gasteiger partial charge is 0.0549 e. The molecule has 0 spiro atoms. The zero-order valence-electron chi connectivity index (χ0n) is 3.85. The predicted octanol–water partition coefficient (Wildman–Crippen LogP) is 0.544. The van der Waals surface area contributed by atoms with E-state index in [0.717, 1.165) is 0 Å². The molecule has 0 amide bonds. The summed E-state index contributed by atoms with van der Waals surface area (Å²) in [6, 6.07) is 0. The van der Waals surface area contributed by atoms with E-state index in [2.05, 4.69) is 6.92 Å². The molecule has 1 radical (unpaired) electrons. The summed E-state index contributed by atoms with van der Waals surface area (Å²) in [5.74, 6) is 0. The van der Waals surface area contributed by atoms with Gasteiger partial charge in [-0.3, -0.25) is 0 Å². The lowest BCUT2D eigenvalue weighted by atomic mass is 10.5. The Morgan fingerprint density at radius 2 is 2.50 bits per heavy atom. The van der Waals surface area contributed by atoms with Crippen LogP contribution in [0.4, 0.5) is 0 Å². The molecule has 1 atom stereocenters. The van der Waals surface area contributed by atoms with Crippen LogP contribution in [0.3, 0.4) is 0 Å². The van der Waals surface area contributed by atoms with E-state index < -0.39 is 0 Å². The van der Waals surface area contributed by atoms with E-state index in [4.69, 9.17) is 5.11 Å². The number of hydrogen-bond donors (Lipinski definition) is 1. The first-order chi connectivity index (χ1) is 2.81. The van der Waals surface area contributed by atoms with Crippen LogP contribution in [0.1, 0.15) is 0 Å². The van der Waals surface area contributed by atoms with Crippen LogP contribution in [0.5, 0.6) is 0 Å². The molecule has 0 heterocycles. The monoisotopic (exact) mass is 105 g/mol. The van der Waals surface area contributed by atoms with Crippen LogP contribution >= 0.6 is 11.8 Å². The first kappa shape index (κ1) is 6.31. The molecule has 1 unspecified atom stereocenters. The number of aliphatic hydroxyl groups is 1. The predicted molar refractivity (Wildman–Crippen MR) is 29.7 cm³/mol. The highest BCUT2D eigenvalue weighted by atomic mass is 32.2. The standard InChI is InChI=1S/C4H9OS/c1-4(3-5)6-2/h4-5H,1,3H2,2H3. The fraction of sp³-hybridized carbons (Fsp3) is 0.750. The minimum atomic E-state index is 0.157. The summed E-state index contributed by atoms with van der Waals surface area (Å²) in [4.78, 5) is 0. The van der Waals surface area contributed by atoms with Gasteiger partial charge in [-0.05, 0) is 13.2 Å². The van der Waals surface area contributed by atoms with E-state index in [1.807, 2.05) is 6.26 Å². The minimum absolute atomic E-state index is 0.157. The first-order valence-corrected chi connectivity index (χ1v) is 3.06. The molecule has 1 nitrogen and oxygen atoms in total. The quantitative estimate of drug-likeness (QED) is 0.553. The minimum Gasteiger partial charge on any atom is -0.395 e. The molecule has 0 aromatic carbocycles. The van der Waals surface area contributed by atoms with E-state index in [1.165, 1.54) is 0 Å². The Kier molecular flexibility index (Phi) is 3.68. The Bertz CT molecular complexity index is 26.7. The number of aliphatic hydroxyl groups excluding tert-OH is 1. The third-order valence-electron chi connectivity index (χ3n) is 0.537. The van der Waals surface area contributed by atoms with Crippen LogP contribution in [0.25, 0.3) is 0 Å². The Hall–Kier alpha value is 0.310. The fourth-order valence-corrected chi connectivity index (χ4v) is 0.224. The van der Waals surface area contributed by atoms with Gasteiger partial charge in [-0.2, -0.15) is 11.8 Å². The van der Waals surface area contributed by atoms with Gasteiger partial charge in [0.1, 0.15) is 0 Å². The van der Waals surface area contributed by atoms with Crippen molar-refractivity contribution in [1.29, 1.82) is 0 Å². The Morgan fingerprint density at radius 3 is 2.50 bits per heavy atom. The summed E-state index contributed by atoms with van der Waals surface area (Å²) in [6.45, 7) is 3.77. The molecule has 0 saturated heterocycles. The zero-order chi connectivity index (χ0) is 4.99. The average molecular weight is 105 g/mol. The van der Waals surface area contributed by atoms with Gasteiger partial charge in [-0.1, -0.05) is 0 Å². The molecule has 0 saturated carbocycles. The maximum atomic E-state index is 8.25. The molecule has 0 fully saturated rings. The van der Waals surface area contributed by atoms with Crippen molar-refractivity contribution >= 4 is 11.8 Å². The van der Waals surface area contributed by atoms with Crippen LogP contribution in [-0.2, 0) is 0 Å². The van der Waals surface area contributed by atoms with Crippen LogP contribution in [0.2, 0.25) is 0 Å². The maximum Gasteiger partial charge on any atom is 0.0549 e. The second-order valence-corrected chi connectivity index (χ2v) is 2.18. The Morgan fingerprint density at radius 1 is 2.00 bits per heavy atom. The molecular weight excluding hydrogens is 96.1 g/mol. The molecule has 6 heavy (non-hydrogen) atoms. The van der Waals surface area contributed by atoms with Crippen LogP contribution < -0.4 is 0 Å². The summed E-state index contributed by atoms with van der Waals surface area (Å²) < 4.78 is 0. The van der Waals surface area contributed by atoms with Crippen molar-refractivity contribution in [2.24, 2.45) is 0 Å². The van der Waals surface area contributed by atoms with Crippen molar-refractivity contribution in [2.45, 2.75) is 5.25 Å². The van der Waals surface area contributed by atoms with E-state index >= 15 is 0 Å². The lowest BCUT2D eigenvalue weighted by Crippen LogP contribution is -1.99. The lowest BCUT2D eigenvalue weighted by Gasteiger charge is -1.97. The fourth-order valence-electron chi connectivity index (χ4n) is 0.0745. The van der Waals surface area contributed by atoms with Gasteiger partial charge >= 0.3 is 0 Å². The molecule has 0 aliphatic carbocycles. The van der Waals surface area contributed by atoms with Crippen molar-refractivity contribution in [2.75, 3.05) is 12.9 Å². The molecule has 0 aromatic heterocycles. The van der Waals surface area contributed by atoms with Gasteiger partial charge < -0.3 is 5.11 Å². The largest absolute Gasteiger partial charge is 0.395 e. The Balaban J connectivity index is 2.75. The molecule has 1 N–H and O–H groups in total. The second kappa shape index (κ2) is 3.50. The van der Waals surface area contributed by atoms with Crippen molar-refractivity contribution in [1.82, 2.24) is 0 Å². The molecule has 37 valence electrons. The number of thioether (sulfide) groups is 1. The summed E-state index contributed by atoms with van der Waals surface area (Å²) in [5.41, 5.74) is 0. The van der Waals surface area contributed by atoms with Crippen LogP contribution in [-0.4, -0.2) is 23.2 Å². The zero-order valence-corrected chi connectivity index (χ0v) is 4.66. The van der Waals surface area contributed by atoms with Crippen molar-refractivity contribution in [3.05, 3.63) is 6.92 Å². The van der Waals surface area contributed by atoms with E-state index in [1.54, 1.807) is 11.8 Å². The Labute approximate surface area is 42.8 Å². The van der Waals surface area contributed by atoms with Gasteiger partial charge in [-0.25, -0.2) is 0 Å². The van der Waals surface area contributed by atoms with Gasteiger partial charge in [0.15, 0.2) is 0 Å². The number of hydrogen-bond acceptors (Lipinski definition) is 2. The molecule has 0 rings (SSSR count). The van der Waals surface area contributed by atoms with Crippen LogP contribution in [0.15, 0.2) is 0 Å². The maximum absolute atomic E-state index is 8.25. The molecule has 0 bridgehead atoms. The molecule has 0 aromatic rings. The molecule has 0 aliphatic heterocycles. The topological polar surface area (TPSA) is 20.2 Å². The van der Waals surface area contributed by atoms with Gasteiger partial charge in [0.25, 0.3) is 0 Å². The first-order valence-electron chi connectivity index (χ1n) is 1.78. The molecule has 0 aliphatic rings. The summed E-state index contributed by atoms with van der Waals surface area (Å²) in [6.07, 6.45) is 1.92. The van der Waals surface area contributed by atoms with E-state index in [9.17, 15) is 0 Å². The highest BCUT2D eigenvalue weighted by molar-refractivity contribution is 7.99.